The minimum Gasteiger partial charge on any atom is -0.486 e. The zero-order chi connectivity index (χ0) is 19.2. The van der Waals surface area contributed by atoms with Crippen LogP contribution in [0.1, 0.15) is 33.1 Å². The minimum absolute atomic E-state index is 0.0878. The first-order chi connectivity index (χ1) is 13.0. The molecule has 0 bridgehead atoms. The number of pyridine rings is 1. The summed E-state index contributed by atoms with van der Waals surface area (Å²) in [5, 5.41) is 8.85. The quantitative estimate of drug-likeness (QED) is 0.652. The molecule has 6 nitrogen and oxygen atoms in total. The second-order valence-electron chi connectivity index (χ2n) is 6.44. The number of aromatic nitrogens is 1. The lowest BCUT2D eigenvalue weighted by atomic mass is 10.2. The van der Waals surface area contributed by atoms with Crippen molar-refractivity contribution in [1.82, 2.24) is 9.88 Å². The first kappa shape index (κ1) is 18.7. The predicted octanol–water partition coefficient (Wildman–Crippen LogP) is 3.89. The lowest BCUT2D eigenvalue weighted by molar-refractivity contribution is 0.0658. The van der Waals surface area contributed by atoms with Crippen molar-refractivity contribution in [1.29, 1.82) is 0 Å². The highest BCUT2D eigenvalue weighted by atomic mass is 16.5. The highest BCUT2D eigenvalue weighted by molar-refractivity contribution is 5.84. The van der Waals surface area contributed by atoms with Crippen molar-refractivity contribution in [3.8, 4) is 5.75 Å². The van der Waals surface area contributed by atoms with Crippen LogP contribution in [-0.2, 0) is 19.7 Å². The fourth-order valence-electron chi connectivity index (χ4n) is 2.72. The van der Waals surface area contributed by atoms with Gasteiger partial charge in [0.25, 0.3) is 0 Å². The molecule has 0 unspecified atom stereocenters. The molecular weight excluding hydrogens is 344 g/mol. The van der Waals surface area contributed by atoms with Crippen LogP contribution < -0.4 is 4.74 Å². The second kappa shape index (κ2) is 8.51. The Hall–Kier alpha value is -3.12. The Bertz CT molecular complexity index is 903. The molecule has 0 fully saturated rings. The van der Waals surface area contributed by atoms with Gasteiger partial charge in [0.15, 0.2) is 0 Å². The van der Waals surface area contributed by atoms with Crippen LogP contribution in [0.25, 0.3) is 0 Å². The molecule has 0 radical (unpaired) electrons. The van der Waals surface area contributed by atoms with E-state index in [1.807, 2.05) is 36.5 Å². The number of aromatic carboxylic acids is 1. The third-order valence-electron chi connectivity index (χ3n) is 4.17. The molecular formula is C21H22N2O4. The molecule has 0 spiro atoms. The van der Waals surface area contributed by atoms with Crippen LogP contribution in [0.4, 0.5) is 0 Å². The predicted molar refractivity (Wildman–Crippen MR) is 101 cm³/mol. The summed E-state index contributed by atoms with van der Waals surface area (Å²) in [5.41, 5.74) is 3.45. The summed E-state index contributed by atoms with van der Waals surface area (Å²) in [6, 6.07) is 14.9. The molecule has 2 aromatic heterocycles. The topological polar surface area (TPSA) is 75.8 Å². The normalized spacial score (nSPS) is 10.9. The molecule has 1 aromatic carbocycles. The molecule has 3 rings (SSSR count). The molecule has 2 heterocycles. The number of hydrogen-bond acceptors (Lipinski definition) is 5. The number of hydrogen-bond donors (Lipinski definition) is 1. The molecule has 140 valence electrons. The SMILES string of the molecule is Cc1cccnc1CN(C)Cc1ccc(OCc2ccc(C(=O)O)o2)cc1. The van der Waals surface area contributed by atoms with E-state index in [-0.39, 0.29) is 12.4 Å². The Morgan fingerprint density at radius 1 is 1.15 bits per heavy atom. The second-order valence-corrected chi connectivity index (χ2v) is 6.44. The molecule has 0 saturated heterocycles. The molecule has 0 aliphatic rings. The monoisotopic (exact) mass is 366 g/mol. The van der Waals surface area contributed by atoms with E-state index in [2.05, 4.69) is 29.9 Å². The summed E-state index contributed by atoms with van der Waals surface area (Å²) in [6.45, 7) is 3.85. The summed E-state index contributed by atoms with van der Waals surface area (Å²) in [5.74, 6) is 0.00272. The average Bonchev–Trinajstić information content (AvgIpc) is 3.12. The number of furan rings is 1. The Morgan fingerprint density at radius 2 is 1.93 bits per heavy atom. The number of rotatable bonds is 8. The van der Waals surface area contributed by atoms with Crippen LogP contribution in [0, 0.1) is 6.92 Å². The van der Waals surface area contributed by atoms with E-state index in [1.54, 1.807) is 6.07 Å². The van der Waals surface area contributed by atoms with E-state index in [4.69, 9.17) is 14.3 Å². The molecule has 0 aliphatic carbocycles. The largest absolute Gasteiger partial charge is 0.486 e. The molecule has 0 atom stereocenters. The minimum atomic E-state index is -1.09. The van der Waals surface area contributed by atoms with Gasteiger partial charge in [0.2, 0.25) is 5.76 Å². The van der Waals surface area contributed by atoms with Gasteiger partial charge in [-0.1, -0.05) is 18.2 Å². The Morgan fingerprint density at radius 3 is 2.59 bits per heavy atom. The Balaban J connectivity index is 1.52. The lowest BCUT2D eigenvalue weighted by Gasteiger charge is -2.17. The first-order valence-corrected chi connectivity index (χ1v) is 8.64. The van der Waals surface area contributed by atoms with Crippen LogP contribution in [0.5, 0.6) is 5.75 Å². The maximum atomic E-state index is 10.8. The van der Waals surface area contributed by atoms with Gasteiger partial charge in [-0.25, -0.2) is 4.79 Å². The van der Waals surface area contributed by atoms with Gasteiger partial charge in [0, 0.05) is 19.3 Å². The van der Waals surface area contributed by atoms with Gasteiger partial charge >= 0.3 is 5.97 Å². The van der Waals surface area contributed by atoms with Gasteiger partial charge in [0.05, 0.1) is 5.69 Å². The van der Waals surface area contributed by atoms with Gasteiger partial charge in [-0.2, -0.15) is 0 Å². The summed E-state index contributed by atoms with van der Waals surface area (Å²) < 4.78 is 10.8. The zero-order valence-corrected chi connectivity index (χ0v) is 15.4. The molecule has 0 aliphatic heterocycles. The summed E-state index contributed by atoms with van der Waals surface area (Å²) in [7, 11) is 2.06. The third kappa shape index (κ3) is 5.18. The van der Waals surface area contributed by atoms with Crippen LogP contribution in [0.15, 0.2) is 59.1 Å². The fraction of sp³-hybridized carbons (Fsp3) is 0.238. The molecule has 0 saturated carbocycles. The highest BCUT2D eigenvalue weighted by Crippen LogP contribution is 2.17. The maximum absolute atomic E-state index is 10.8. The van der Waals surface area contributed by atoms with E-state index < -0.39 is 5.97 Å². The first-order valence-electron chi connectivity index (χ1n) is 8.64. The maximum Gasteiger partial charge on any atom is 0.371 e. The van der Waals surface area contributed by atoms with Gasteiger partial charge < -0.3 is 14.3 Å². The van der Waals surface area contributed by atoms with Crippen molar-refractivity contribution in [2.45, 2.75) is 26.6 Å². The van der Waals surface area contributed by atoms with E-state index in [1.165, 1.54) is 17.2 Å². The van der Waals surface area contributed by atoms with Gasteiger partial charge in [-0.15, -0.1) is 0 Å². The Labute approximate surface area is 158 Å². The van der Waals surface area contributed by atoms with Crippen molar-refractivity contribution in [3.63, 3.8) is 0 Å². The number of ether oxygens (including phenoxy) is 1. The van der Waals surface area contributed by atoms with Gasteiger partial charge in [0.1, 0.15) is 18.1 Å². The summed E-state index contributed by atoms with van der Waals surface area (Å²) in [4.78, 5) is 17.4. The Kier molecular flexibility index (Phi) is 5.88. The van der Waals surface area contributed by atoms with Gasteiger partial charge in [-0.3, -0.25) is 9.88 Å². The number of benzene rings is 1. The zero-order valence-electron chi connectivity index (χ0n) is 15.4. The summed E-state index contributed by atoms with van der Waals surface area (Å²) in [6.07, 6.45) is 1.82. The molecule has 0 amide bonds. The number of carboxylic acids is 1. The average molecular weight is 366 g/mol. The number of nitrogens with zero attached hydrogens (tertiary/aromatic N) is 2. The van der Waals surface area contributed by atoms with Gasteiger partial charge in [-0.05, 0) is 55.4 Å². The molecule has 3 aromatic rings. The van der Waals surface area contributed by atoms with Crippen molar-refractivity contribution < 1.29 is 19.1 Å². The smallest absolute Gasteiger partial charge is 0.371 e. The van der Waals surface area contributed by atoms with Crippen LogP contribution in [-0.4, -0.2) is 28.0 Å². The van der Waals surface area contributed by atoms with Crippen LogP contribution in [0.3, 0.4) is 0 Å². The third-order valence-corrected chi connectivity index (χ3v) is 4.17. The van der Waals surface area contributed by atoms with Crippen molar-refractivity contribution in [2.24, 2.45) is 0 Å². The van der Waals surface area contributed by atoms with Crippen LogP contribution in [0.2, 0.25) is 0 Å². The highest BCUT2D eigenvalue weighted by Gasteiger charge is 2.09. The van der Waals surface area contributed by atoms with E-state index in [9.17, 15) is 4.79 Å². The van der Waals surface area contributed by atoms with E-state index in [0.717, 1.165) is 18.8 Å². The number of carbonyl (C=O) groups is 1. The number of carboxylic acid groups (broad SMARTS) is 1. The van der Waals surface area contributed by atoms with Crippen molar-refractivity contribution in [2.75, 3.05) is 7.05 Å². The van der Waals surface area contributed by atoms with E-state index in [0.29, 0.717) is 11.5 Å². The lowest BCUT2D eigenvalue weighted by Crippen LogP contribution is -2.18. The standard InChI is InChI=1S/C21H22N2O4/c1-15-4-3-11-22-19(15)13-23(2)12-16-5-7-17(8-6-16)26-14-18-9-10-20(27-18)21(24)25/h3-11H,12-14H2,1-2H3,(H,24,25). The van der Waals surface area contributed by atoms with Crippen molar-refractivity contribution >= 4 is 5.97 Å². The molecule has 6 heteroatoms. The number of aryl methyl sites for hydroxylation is 1. The summed E-state index contributed by atoms with van der Waals surface area (Å²) >= 11 is 0. The van der Waals surface area contributed by atoms with Crippen molar-refractivity contribution in [3.05, 3.63) is 83.1 Å². The van der Waals surface area contributed by atoms with Crippen LogP contribution >= 0.6 is 0 Å². The molecule has 1 N–H and O–H groups in total. The fourth-order valence-corrected chi connectivity index (χ4v) is 2.72. The van der Waals surface area contributed by atoms with E-state index >= 15 is 0 Å². The molecule has 27 heavy (non-hydrogen) atoms.